The van der Waals surface area contributed by atoms with Crippen LogP contribution in [0.1, 0.15) is 6.92 Å². The molecule has 0 aromatic carbocycles. The van der Waals surface area contributed by atoms with Crippen LogP contribution in [-0.4, -0.2) is 33.0 Å². The quantitative estimate of drug-likeness (QED) is 0.233. The van der Waals surface area contributed by atoms with Gasteiger partial charge in [0.1, 0.15) is 0 Å². The zero-order valence-corrected chi connectivity index (χ0v) is 12.6. The van der Waals surface area contributed by atoms with Gasteiger partial charge < -0.3 is 19.8 Å². The minimum atomic E-state index is -5.07. The van der Waals surface area contributed by atoms with Crippen molar-refractivity contribution in [3.63, 3.8) is 0 Å². The first-order chi connectivity index (χ1) is 6.66. The van der Waals surface area contributed by atoms with Gasteiger partial charge in [-0.3, -0.25) is 4.52 Å². The van der Waals surface area contributed by atoms with Gasteiger partial charge >= 0.3 is 45.2 Å². The molecule has 16 heavy (non-hydrogen) atoms. The topological polar surface area (TPSA) is 134 Å². The molecule has 0 heterocycles. The van der Waals surface area contributed by atoms with E-state index in [1.54, 1.807) is 0 Å². The van der Waals surface area contributed by atoms with E-state index >= 15 is 0 Å². The van der Waals surface area contributed by atoms with E-state index in [0.29, 0.717) is 5.57 Å². The van der Waals surface area contributed by atoms with Crippen molar-refractivity contribution >= 4 is 15.6 Å². The molecule has 11 heteroatoms. The van der Waals surface area contributed by atoms with Gasteiger partial charge in [-0.25, -0.2) is 9.13 Å². The Morgan fingerprint density at radius 1 is 1.31 bits per heavy atom. The van der Waals surface area contributed by atoms with E-state index in [1.165, 1.54) is 13.0 Å². The largest absolute Gasteiger partial charge is 1.00 e. The van der Waals surface area contributed by atoms with Crippen molar-refractivity contribution in [2.24, 2.45) is 0 Å². The molecule has 0 aromatic rings. The molecule has 0 aliphatic rings. The standard InChI is InChI=1S/C5H12O8P2.Na/c1-5(2-3-6)4-12-15(10,11)13-14(7,8)9;/h2,6H,3-4H2,1H3,(H,10,11)(H2,7,8,9);/q;+1/b5-2-;. The van der Waals surface area contributed by atoms with Gasteiger partial charge in [-0.1, -0.05) is 6.08 Å². The van der Waals surface area contributed by atoms with Gasteiger partial charge in [0, 0.05) is 0 Å². The first-order valence-electron chi connectivity index (χ1n) is 3.67. The number of hydrogen-bond donors (Lipinski definition) is 4. The predicted octanol–water partition coefficient (Wildman–Crippen LogP) is -2.84. The SMILES string of the molecule is C/C(=C/CO)COP(=O)(O)OP(=O)(O)O.[Na+]. The van der Waals surface area contributed by atoms with Gasteiger partial charge in [-0.2, -0.15) is 4.31 Å². The average molecular weight is 285 g/mol. The molecule has 0 aromatic heterocycles. The number of phosphoric acid groups is 2. The van der Waals surface area contributed by atoms with Crippen molar-refractivity contribution in [3.8, 4) is 0 Å². The number of rotatable bonds is 6. The Morgan fingerprint density at radius 3 is 2.19 bits per heavy atom. The van der Waals surface area contributed by atoms with Crippen LogP contribution in [0.15, 0.2) is 11.6 Å². The summed E-state index contributed by atoms with van der Waals surface area (Å²) in [4.78, 5) is 25.3. The molecule has 1 atom stereocenters. The molecule has 0 rings (SSSR count). The molecular weight excluding hydrogens is 273 g/mol. The minimum Gasteiger partial charge on any atom is -0.392 e. The smallest absolute Gasteiger partial charge is 0.392 e. The summed E-state index contributed by atoms with van der Waals surface area (Å²) in [6.07, 6.45) is 1.30. The average Bonchev–Trinajstić information content (AvgIpc) is 1.97. The Bertz CT molecular complexity index is 322. The van der Waals surface area contributed by atoms with Crippen molar-refractivity contribution in [2.75, 3.05) is 13.2 Å². The third-order valence-electron chi connectivity index (χ3n) is 1.10. The van der Waals surface area contributed by atoms with Crippen LogP contribution in [0.2, 0.25) is 0 Å². The van der Waals surface area contributed by atoms with Gasteiger partial charge in [0.05, 0.1) is 13.2 Å². The fourth-order valence-corrected chi connectivity index (χ4v) is 2.19. The van der Waals surface area contributed by atoms with Crippen molar-refractivity contribution < 1.29 is 67.3 Å². The predicted molar refractivity (Wildman–Crippen MR) is 49.7 cm³/mol. The van der Waals surface area contributed by atoms with Crippen LogP contribution >= 0.6 is 15.6 Å². The molecule has 0 aliphatic heterocycles. The molecule has 0 amide bonds. The van der Waals surface area contributed by atoms with Gasteiger partial charge in [0.2, 0.25) is 0 Å². The zero-order chi connectivity index (χ0) is 12.1. The summed E-state index contributed by atoms with van der Waals surface area (Å²) in [6.45, 7) is 0.840. The summed E-state index contributed by atoms with van der Waals surface area (Å²) < 4.78 is 28.8. The second kappa shape index (κ2) is 8.13. The van der Waals surface area contributed by atoms with Crippen LogP contribution in [-0.2, 0) is 18.0 Å². The second-order valence-corrected chi connectivity index (χ2v) is 5.38. The normalized spacial score (nSPS) is 16.4. The van der Waals surface area contributed by atoms with E-state index in [0.717, 1.165) is 0 Å². The van der Waals surface area contributed by atoms with E-state index < -0.39 is 15.6 Å². The first-order valence-corrected chi connectivity index (χ1v) is 6.69. The fraction of sp³-hybridized carbons (Fsp3) is 0.600. The maximum Gasteiger partial charge on any atom is 1.00 e. The van der Waals surface area contributed by atoms with Crippen molar-refractivity contribution in [1.29, 1.82) is 0 Å². The number of phosphoric ester groups is 1. The summed E-state index contributed by atoms with van der Waals surface area (Å²) in [5.74, 6) is 0. The monoisotopic (exact) mass is 285 g/mol. The Hall–Kier alpha value is 0.960. The van der Waals surface area contributed by atoms with E-state index in [9.17, 15) is 9.13 Å². The molecule has 0 bridgehead atoms. The van der Waals surface area contributed by atoms with E-state index in [4.69, 9.17) is 19.8 Å². The molecule has 0 radical (unpaired) electrons. The van der Waals surface area contributed by atoms with Gasteiger partial charge in [-0.05, 0) is 12.5 Å². The Balaban J connectivity index is 0. The van der Waals surface area contributed by atoms with E-state index in [-0.39, 0.29) is 42.8 Å². The Kier molecular flexibility index (Phi) is 9.81. The summed E-state index contributed by atoms with van der Waals surface area (Å²) in [7, 11) is -9.85. The Labute approximate surface area is 114 Å². The molecule has 0 saturated carbocycles. The molecular formula is C5H12NaO8P2+. The van der Waals surface area contributed by atoms with Crippen LogP contribution < -0.4 is 29.6 Å². The van der Waals surface area contributed by atoms with Gasteiger partial charge in [0.15, 0.2) is 0 Å². The van der Waals surface area contributed by atoms with Crippen molar-refractivity contribution in [3.05, 3.63) is 11.6 Å². The van der Waals surface area contributed by atoms with Crippen LogP contribution in [0.3, 0.4) is 0 Å². The van der Waals surface area contributed by atoms with Crippen LogP contribution in [0, 0.1) is 0 Å². The van der Waals surface area contributed by atoms with Crippen molar-refractivity contribution in [2.45, 2.75) is 6.92 Å². The molecule has 0 saturated heterocycles. The molecule has 0 aliphatic carbocycles. The minimum absolute atomic E-state index is 0. The Morgan fingerprint density at radius 2 is 1.81 bits per heavy atom. The van der Waals surface area contributed by atoms with Gasteiger partial charge in [-0.15, -0.1) is 0 Å². The fourth-order valence-electron chi connectivity index (χ4n) is 0.556. The maximum absolute atomic E-state index is 10.9. The summed E-state index contributed by atoms with van der Waals surface area (Å²) in [6, 6.07) is 0. The molecule has 4 N–H and O–H groups in total. The second-order valence-electron chi connectivity index (χ2n) is 2.55. The van der Waals surface area contributed by atoms with Gasteiger partial charge in [0.25, 0.3) is 0 Å². The number of hydrogen-bond acceptors (Lipinski definition) is 5. The first kappa shape index (κ1) is 19.3. The summed E-state index contributed by atoms with van der Waals surface area (Å²) in [5, 5.41) is 8.43. The molecule has 90 valence electrons. The van der Waals surface area contributed by atoms with E-state index in [1.807, 2.05) is 0 Å². The van der Waals surface area contributed by atoms with Crippen LogP contribution in [0.5, 0.6) is 0 Å². The van der Waals surface area contributed by atoms with Crippen molar-refractivity contribution in [1.82, 2.24) is 0 Å². The third-order valence-corrected chi connectivity index (χ3v) is 3.24. The molecule has 8 nitrogen and oxygen atoms in total. The summed E-state index contributed by atoms with van der Waals surface area (Å²) in [5.41, 5.74) is 0.418. The maximum atomic E-state index is 10.9. The van der Waals surface area contributed by atoms with E-state index in [2.05, 4.69) is 8.83 Å². The zero-order valence-electron chi connectivity index (χ0n) is 8.81. The third kappa shape index (κ3) is 11.4. The number of aliphatic hydroxyl groups excluding tert-OH is 1. The molecule has 0 fully saturated rings. The number of aliphatic hydroxyl groups is 1. The van der Waals surface area contributed by atoms with Crippen LogP contribution in [0.25, 0.3) is 0 Å². The molecule has 1 unspecified atom stereocenters. The summed E-state index contributed by atoms with van der Waals surface area (Å²) >= 11 is 0. The van der Waals surface area contributed by atoms with Crippen LogP contribution in [0.4, 0.5) is 0 Å². The molecule has 0 spiro atoms.